The number of aromatic nitrogens is 2. The van der Waals surface area contributed by atoms with Crippen LogP contribution in [0.15, 0.2) is 6.20 Å². The summed E-state index contributed by atoms with van der Waals surface area (Å²) in [6.45, 7) is 3.96. The van der Waals surface area contributed by atoms with Crippen LogP contribution in [0.5, 0.6) is 5.88 Å². The summed E-state index contributed by atoms with van der Waals surface area (Å²) in [6.07, 6.45) is 1.49. The van der Waals surface area contributed by atoms with Crippen LogP contribution in [-0.4, -0.2) is 9.97 Å². The summed E-state index contributed by atoms with van der Waals surface area (Å²) in [5.74, 6) is 6.09. The summed E-state index contributed by atoms with van der Waals surface area (Å²) < 4.78 is 0. The third-order valence-electron chi connectivity index (χ3n) is 1.43. The molecule has 66 valence electrons. The zero-order chi connectivity index (χ0) is 9.14. The Balaban J connectivity index is 3.05. The maximum absolute atomic E-state index is 5.47. The molecule has 0 aliphatic rings. The van der Waals surface area contributed by atoms with Crippen molar-refractivity contribution in [2.75, 3.05) is 5.73 Å². The van der Waals surface area contributed by atoms with Crippen molar-refractivity contribution in [2.24, 2.45) is 5.90 Å². The molecule has 0 saturated carbocycles. The van der Waals surface area contributed by atoms with Crippen LogP contribution in [-0.2, 0) is 0 Å². The van der Waals surface area contributed by atoms with Gasteiger partial charge in [0.05, 0.1) is 6.20 Å². The average Bonchev–Trinajstić information content (AvgIpc) is 2.05. The van der Waals surface area contributed by atoms with E-state index in [4.69, 9.17) is 11.6 Å². The summed E-state index contributed by atoms with van der Waals surface area (Å²) in [6, 6.07) is 0. The SMILES string of the molecule is CC(C)c1ncc(N)c(ON)n1. The maximum atomic E-state index is 5.47. The molecule has 1 heterocycles. The summed E-state index contributed by atoms with van der Waals surface area (Å²) in [4.78, 5) is 12.5. The Kier molecular flexibility index (Phi) is 2.44. The van der Waals surface area contributed by atoms with Crippen molar-refractivity contribution in [3.8, 4) is 5.88 Å². The quantitative estimate of drug-likeness (QED) is 0.625. The predicted octanol–water partition coefficient (Wildman–Crippen LogP) is 0.435. The fourth-order valence-electron chi connectivity index (χ4n) is 0.761. The van der Waals surface area contributed by atoms with Gasteiger partial charge in [-0.15, -0.1) is 0 Å². The molecule has 12 heavy (non-hydrogen) atoms. The highest BCUT2D eigenvalue weighted by molar-refractivity contribution is 5.45. The Labute approximate surface area is 70.7 Å². The summed E-state index contributed by atoms with van der Waals surface area (Å²) >= 11 is 0. The van der Waals surface area contributed by atoms with Gasteiger partial charge in [0.25, 0.3) is 5.88 Å². The van der Waals surface area contributed by atoms with E-state index >= 15 is 0 Å². The van der Waals surface area contributed by atoms with Gasteiger partial charge >= 0.3 is 0 Å². The molecule has 0 spiro atoms. The second kappa shape index (κ2) is 3.36. The van der Waals surface area contributed by atoms with E-state index in [9.17, 15) is 0 Å². The van der Waals surface area contributed by atoms with Crippen molar-refractivity contribution in [1.29, 1.82) is 0 Å². The number of nitrogens with zero attached hydrogens (tertiary/aromatic N) is 2. The molecular formula is C7H12N4O. The van der Waals surface area contributed by atoms with Gasteiger partial charge in [-0.2, -0.15) is 10.9 Å². The molecular weight excluding hydrogens is 156 g/mol. The van der Waals surface area contributed by atoms with Crippen LogP contribution in [0.4, 0.5) is 5.69 Å². The number of anilines is 1. The van der Waals surface area contributed by atoms with Gasteiger partial charge in [0.15, 0.2) is 0 Å². The Morgan fingerprint density at radius 3 is 2.67 bits per heavy atom. The molecule has 5 heteroatoms. The summed E-state index contributed by atoms with van der Waals surface area (Å²) in [5, 5.41) is 0. The first kappa shape index (κ1) is 8.73. The smallest absolute Gasteiger partial charge is 0.263 e. The van der Waals surface area contributed by atoms with Crippen molar-refractivity contribution < 1.29 is 4.84 Å². The first-order chi connectivity index (χ1) is 5.65. The van der Waals surface area contributed by atoms with Crippen LogP contribution < -0.4 is 16.5 Å². The molecule has 0 aliphatic heterocycles. The van der Waals surface area contributed by atoms with E-state index < -0.39 is 0 Å². The van der Waals surface area contributed by atoms with Crippen LogP contribution in [0.3, 0.4) is 0 Å². The third-order valence-corrected chi connectivity index (χ3v) is 1.43. The van der Waals surface area contributed by atoms with E-state index in [2.05, 4.69) is 14.8 Å². The lowest BCUT2D eigenvalue weighted by Gasteiger charge is -2.06. The van der Waals surface area contributed by atoms with Crippen LogP contribution in [0, 0.1) is 0 Å². The highest BCUT2D eigenvalue weighted by Gasteiger charge is 2.07. The fourth-order valence-corrected chi connectivity index (χ4v) is 0.761. The highest BCUT2D eigenvalue weighted by Crippen LogP contribution is 2.18. The van der Waals surface area contributed by atoms with Crippen LogP contribution in [0.2, 0.25) is 0 Å². The van der Waals surface area contributed by atoms with E-state index in [1.807, 2.05) is 13.8 Å². The van der Waals surface area contributed by atoms with Crippen molar-refractivity contribution in [3.63, 3.8) is 0 Å². The van der Waals surface area contributed by atoms with Crippen molar-refractivity contribution >= 4 is 5.69 Å². The number of hydrogen-bond acceptors (Lipinski definition) is 5. The lowest BCUT2D eigenvalue weighted by atomic mass is 10.2. The Bertz CT molecular complexity index is 274. The lowest BCUT2D eigenvalue weighted by molar-refractivity contribution is 0.320. The van der Waals surface area contributed by atoms with Gasteiger partial charge in [-0.1, -0.05) is 13.8 Å². The van der Waals surface area contributed by atoms with Gasteiger partial charge in [-0.25, -0.2) is 4.98 Å². The minimum atomic E-state index is 0.230. The molecule has 0 fully saturated rings. The minimum Gasteiger partial charge on any atom is -0.393 e. The summed E-state index contributed by atoms with van der Waals surface area (Å²) in [7, 11) is 0. The number of hydrogen-bond donors (Lipinski definition) is 2. The zero-order valence-electron chi connectivity index (χ0n) is 7.11. The Hall–Kier alpha value is -1.36. The van der Waals surface area contributed by atoms with Crippen LogP contribution in [0.1, 0.15) is 25.6 Å². The monoisotopic (exact) mass is 168 g/mol. The third kappa shape index (κ3) is 1.62. The molecule has 0 radical (unpaired) electrons. The second-order valence-electron chi connectivity index (χ2n) is 2.76. The molecule has 1 aromatic heterocycles. The maximum Gasteiger partial charge on any atom is 0.263 e. The highest BCUT2D eigenvalue weighted by atomic mass is 16.6. The fraction of sp³-hybridized carbons (Fsp3) is 0.429. The van der Waals surface area contributed by atoms with E-state index in [0.717, 1.165) is 0 Å². The zero-order valence-corrected chi connectivity index (χ0v) is 7.11. The number of nitrogens with two attached hydrogens (primary N) is 2. The van der Waals surface area contributed by atoms with Crippen LogP contribution in [0.25, 0.3) is 0 Å². The molecule has 0 amide bonds. The van der Waals surface area contributed by atoms with Gasteiger partial charge in [-0.05, 0) is 0 Å². The predicted molar refractivity (Wildman–Crippen MR) is 45.3 cm³/mol. The van der Waals surface area contributed by atoms with Crippen LogP contribution >= 0.6 is 0 Å². The van der Waals surface area contributed by atoms with E-state index in [-0.39, 0.29) is 11.8 Å². The molecule has 0 saturated heterocycles. The Morgan fingerprint density at radius 2 is 2.17 bits per heavy atom. The van der Waals surface area contributed by atoms with Gasteiger partial charge in [0.2, 0.25) is 0 Å². The minimum absolute atomic E-state index is 0.230. The number of nitrogen functional groups attached to an aromatic ring is 1. The van der Waals surface area contributed by atoms with Gasteiger partial charge in [0, 0.05) is 5.92 Å². The van der Waals surface area contributed by atoms with E-state index in [0.29, 0.717) is 11.5 Å². The molecule has 1 aromatic rings. The molecule has 0 unspecified atom stereocenters. The average molecular weight is 168 g/mol. The molecule has 0 aliphatic carbocycles. The van der Waals surface area contributed by atoms with Crippen molar-refractivity contribution in [1.82, 2.24) is 9.97 Å². The molecule has 1 rings (SSSR count). The molecule has 0 bridgehead atoms. The standard InChI is InChI=1S/C7H12N4O/c1-4(2)6-10-3-5(8)7(11-6)12-9/h3-4H,8-9H2,1-2H3. The van der Waals surface area contributed by atoms with E-state index in [1.165, 1.54) is 6.20 Å². The summed E-state index contributed by atoms with van der Waals surface area (Å²) in [5.41, 5.74) is 5.82. The topological polar surface area (TPSA) is 87.0 Å². The van der Waals surface area contributed by atoms with Gasteiger partial charge in [-0.3, -0.25) is 0 Å². The first-order valence-corrected chi connectivity index (χ1v) is 3.64. The molecule has 0 atom stereocenters. The largest absolute Gasteiger partial charge is 0.393 e. The van der Waals surface area contributed by atoms with Crippen molar-refractivity contribution in [3.05, 3.63) is 12.0 Å². The lowest BCUT2D eigenvalue weighted by Crippen LogP contribution is -2.09. The van der Waals surface area contributed by atoms with Crippen molar-refractivity contribution in [2.45, 2.75) is 19.8 Å². The molecule has 0 aromatic carbocycles. The van der Waals surface area contributed by atoms with Gasteiger partial charge in [0.1, 0.15) is 11.5 Å². The molecule has 5 nitrogen and oxygen atoms in total. The Morgan fingerprint density at radius 1 is 1.50 bits per heavy atom. The van der Waals surface area contributed by atoms with Gasteiger partial charge < -0.3 is 10.6 Å². The first-order valence-electron chi connectivity index (χ1n) is 3.64. The second-order valence-corrected chi connectivity index (χ2v) is 2.76. The van der Waals surface area contributed by atoms with E-state index in [1.54, 1.807) is 0 Å². The number of rotatable bonds is 2. The normalized spacial score (nSPS) is 10.3. The molecule has 4 N–H and O–H groups in total.